The van der Waals surface area contributed by atoms with Crippen LogP contribution in [0, 0.1) is 0 Å². The highest BCUT2D eigenvalue weighted by atomic mass is 19.4. The largest absolute Gasteiger partial charge is 0.573 e. The molecule has 41 heavy (non-hydrogen) atoms. The number of nitrogens with one attached hydrogen (secondary N) is 1. The number of anilines is 1. The molecule has 1 atom stereocenters. The average Bonchev–Trinajstić information content (AvgIpc) is 3.27. The van der Waals surface area contributed by atoms with E-state index in [0.29, 0.717) is 11.8 Å². The molecule has 0 saturated heterocycles. The standard InChI is InChI=1S/C25H17F9N4O3/c26-23(27,28)15-3-10-20(35-11-15)19-12-38(37-22(19)14-1-6-17(7-2-14)40-24(29,30)31)13-21(39)36-16-4-8-18(9-5-16)41-25(32,33)34/h1-11,19H,12-13H2,(H,36,39). The van der Waals surface area contributed by atoms with Crippen molar-refractivity contribution >= 4 is 17.3 Å². The van der Waals surface area contributed by atoms with Crippen molar-refractivity contribution in [2.24, 2.45) is 5.10 Å². The first-order valence-corrected chi connectivity index (χ1v) is 11.4. The number of nitrogens with zero attached hydrogens (tertiary/aromatic N) is 3. The number of halogens is 9. The molecular weight excluding hydrogens is 575 g/mol. The molecule has 0 saturated carbocycles. The molecule has 1 amide bonds. The van der Waals surface area contributed by atoms with Gasteiger partial charge in [-0.15, -0.1) is 26.3 Å². The van der Waals surface area contributed by atoms with E-state index in [-0.39, 0.29) is 30.2 Å². The zero-order chi connectivity index (χ0) is 30.0. The number of carbonyl (C=O) groups excluding carboxylic acids is 1. The first kappa shape index (κ1) is 29.5. The molecule has 0 fully saturated rings. The van der Waals surface area contributed by atoms with Crippen LogP contribution >= 0.6 is 0 Å². The van der Waals surface area contributed by atoms with Crippen molar-refractivity contribution < 1.29 is 53.8 Å². The molecule has 0 spiro atoms. The summed E-state index contributed by atoms with van der Waals surface area (Å²) in [6.07, 6.45) is -13.8. The molecule has 2 heterocycles. The van der Waals surface area contributed by atoms with Gasteiger partial charge in [0.05, 0.1) is 29.4 Å². The molecular formula is C25H17F9N4O3. The van der Waals surface area contributed by atoms with Crippen LogP contribution in [0.5, 0.6) is 11.5 Å². The number of rotatable bonds is 7. The van der Waals surface area contributed by atoms with Crippen LogP contribution < -0.4 is 14.8 Å². The maximum atomic E-state index is 13.0. The molecule has 0 radical (unpaired) electrons. The Labute approximate surface area is 225 Å². The van der Waals surface area contributed by atoms with E-state index in [1.165, 1.54) is 29.3 Å². The average molecular weight is 592 g/mol. The quantitative estimate of drug-likeness (QED) is 0.324. The molecule has 16 heteroatoms. The van der Waals surface area contributed by atoms with Crippen LogP contribution in [0.3, 0.4) is 0 Å². The molecule has 0 bridgehead atoms. The molecule has 3 aromatic rings. The van der Waals surface area contributed by atoms with E-state index < -0.39 is 47.8 Å². The van der Waals surface area contributed by atoms with Gasteiger partial charge in [-0.2, -0.15) is 18.3 Å². The van der Waals surface area contributed by atoms with Gasteiger partial charge in [-0.3, -0.25) is 14.8 Å². The van der Waals surface area contributed by atoms with Crippen LogP contribution in [0.15, 0.2) is 72.0 Å². The van der Waals surface area contributed by atoms with Gasteiger partial charge in [-0.1, -0.05) is 0 Å². The van der Waals surface area contributed by atoms with E-state index in [1.54, 1.807) is 0 Å². The summed E-state index contributed by atoms with van der Waals surface area (Å²) in [5, 5.41) is 8.09. The number of pyridine rings is 1. The fourth-order valence-electron chi connectivity index (χ4n) is 3.87. The molecule has 1 N–H and O–H groups in total. The van der Waals surface area contributed by atoms with E-state index in [2.05, 4.69) is 24.9 Å². The minimum absolute atomic E-state index is 0.0275. The van der Waals surface area contributed by atoms with Crippen molar-refractivity contribution in [3.05, 3.63) is 83.7 Å². The van der Waals surface area contributed by atoms with Gasteiger partial charge in [-0.05, 0) is 66.2 Å². The highest BCUT2D eigenvalue weighted by molar-refractivity contribution is 6.06. The predicted molar refractivity (Wildman–Crippen MR) is 125 cm³/mol. The molecule has 0 aliphatic carbocycles. The predicted octanol–water partition coefficient (Wildman–Crippen LogP) is 6.34. The summed E-state index contributed by atoms with van der Waals surface area (Å²) >= 11 is 0. The van der Waals surface area contributed by atoms with Gasteiger partial charge < -0.3 is 14.8 Å². The van der Waals surface area contributed by atoms with Gasteiger partial charge in [0.25, 0.3) is 0 Å². The van der Waals surface area contributed by atoms with Crippen LogP contribution in [0.4, 0.5) is 45.2 Å². The maximum absolute atomic E-state index is 13.0. The second kappa shape index (κ2) is 11.2. The highest BCUT2D eigenvalue weighted by Gasteiger charge is 2.35. The number of aromatic nitrogens is 1. The number of carbonyl (C=O) groups is 1. The second-order valence-electron chi connectivity index (χ2n) is 8.55. The molecule has 7 nitrogen and oxygen atoms in total. The number of ether oxygens (including phenoxy) is 2. The minimum Gasteiger partial charge on any atom is -0.406 e. The van der Waals surface area contributed by atoms with Crippen molar-refractivity contribution in [1.82, 2.24) is 9.99 Å². The van der Waals surface area contributed by atoms with Crippen LogP contribution in [0.1, 0.15) is 22.7 Å². The van der Waals surface area contributed by atoms with Gasteiger partial charge in [-0.25, -0.2) is 0 Å². The fraction of sp³-hybridized carbons (Fsp3) is 0.240. The first-order valence-electron chi connectivity index (χ1n) is 11.4. The molecule has 2 aromatic carbocycles. The van der Waals surface area contributed by atoms with Crippen LogP contribution in [-0.2, 0) is 11.0 Å². The van der Waals surface area contributed by atoms with Gasteiger partial charge in [0.15, 0.2) is 0 Å². The van der Waals surface area contributed by atoms with E-state index >= 15 is 0 Å². The monoisotopic (exact) mass is 592 g/mol. The van der Waals surface area contributed by atoms with E-state index in [1.807, 2.05) is 0 Å². The lowest BCUT2D eigenvalue weighted by atomic mass is 9.93. The Balaban J connectivity index is 1.52. The third-order valence-corrected chi connectivity index (χ3v) is 5.52. The highest BCUT2D eigenvalue weighted by Crippen LogP contribution is 2.33. The smallest absolute Gasteiger partial charge is 0.406 e. The van der Waals surface area contributed by atoms with Crippen molar-refractivity contribution in [1.29, 1.82) is 0 Å². The molecule has 1 aromatic heterocycles. The Morgan fingerprint density at radius 3 is 1.88 bits per heavy atom. The van der Waals surface area contributed by atoms with Crippen LogP contribution in [0.2, 0.25) is 0 Å². The van der Waals surface area contributed by atoms with Crippen molar-refractivity contribution in [2.45, 2.75) is 24.8 Å². The van der Waals surface area contributed by atoms with E-state index in [9.17, 15) is 44.3 Å². The van der Waals surface area contributed by atoms with Crippen molar-refractivity contribution in [3.63, 3.8) is 0 Å². The Kier molecular flexibility index (Phi) is 8.03. The van der Waals surface area contributed by atoms with Gasteiger partial charge in [0, 0.05) is 11.9 Å². The SMILES string of the molecule is O=C(CN1CC(c2ccc(C(F)(F)F)cn2)C(c2ccc(OC(F)(F)F)cc2)=N1)Nc1ccc(OC(F)(F)F)cc1. The van der Waals surface area contributed by atoms with Crippen molar-refractivity contribution in [3.8, 4) is 11.5 Å². The topological polar surface area (TPSA) is 76.1 Å². The summed E-state index contributed by atoms with van der Waals surface area (Å²) in [6.45, 7) is -0.406. The van der Waals surface area contributed by atoms with E-state index in [0.717, 1.165) is 36.4 Å². The summed E-state index contributed by atoms with van der Waals surface area (Å²) in [6, 6.07) is 10.9. The molecule has 1 aliphatic heterocycles. The number of hydrogen-bond donors (Lipinski definition) is 1. The first-order chi connectivity index (χ1) is 19.1. The Bertz CT molecular complexity index is 1390. The maximum Gasteiger partial charge on any atom is 0.573 e. The van der Waals surface area contributed by atoms with Gasteiger partial charge >= 0.3 is 18.9 Å². The van der Waals surface area contributed by atoms with Crippen LogP contribution in [-0.4, -0.2) is 47.4 Å². The zero-order valence-electron chi connectivity index (χ0n) is 20.3. The summed E-state index contributed by atoms with van der Waals surface area (Å²) < 4.78 is 121. The number of benzene rings is 2. The van der Waals surface area contributed by atoms with Gasteiger partial charge in [0.1, 0.15) is 18.0 Å². The zero-order valence-corrected chi connectivity index (χ0v) is 20.3. The van der Waals surface area contributed by atoms with Gasteiger partial charge in [0.2, 0.25) is 5.91 Å². The summed E-state index contributed by atoms with van der Waals surface area (Å²) in [5.41, 5.74) is -0.161. The Morgan fingerprint density at radius 2 is 1.39 bits per heavy atom. The van der Waals surface area contributed by atoms with Crippen LogP contribution in [0.25, 0.3) is 0 Å². The third-order valence-electron chi connectivity index (χ3n) is 5.52. The van der Waals surface area contributed by atoms with Crippen molar-refractivity contribution in [2.75, 3.05) is 18.4 Å². The van der Waals surface area contributed by atoms with E-state index in [4.69, 9.17) is 0 Å². The molecule has 218 valence electrons. The fourth-order valence-corrected chi connectivity index (χ4v) is 3.87. The minimum atomic E-state index is -4.92. The summed E-state index contributed by atoms with van der Waals surface area (Å²) in [5.74, 6) is -2.40. The number of hydrogen-bond acceptors (Lipinski definition) is 6. The number of alkyl halides is 9. The molecule has 1 unspecified atom stereocenters. The number of hydrazone groups is 1. The molecule has 1 aliphatic rings. The Hall–Kier alpha value is -4.50. The normalized spacial score (nSPS) is 15.9. The second-order valence-corrected chi connectivity index (χ2v) is 8.55. The Morgan fingerprint density at radius 1 is 0.829 bits per heavy atom. The third kappa shape index (κ3) is 8.25. The molecule has 4 rings (SSSR count). The number of amides is 1. The summed E-state index contributed by atoms with van der Waals surface area (Å²) in [7, 11) is 0. The summed E-state index contributed by atoms with van der Waals surface area (Å²) in [4.78, 5) is 16.5. The lowest BCUT2D eigenvalue weighted by Gasteiger charge is -2.16. The lowest BCUT2D eigenvalue weighted by Crippen LogP contribution is -2.29. The lowest BCUT2D eigenvalue weighted by molar-refractivity contribution is -0.275.